The molecule has 1 amide bonds. The van der Waals surface area contributed by atoms with E-state index >= 15 is 0 Å². The van der Waals surface area contributed by atoms with Crippen LogP contribution in [-0.2, 0) is 4.79 Å². The number of carbonyl (C=O) groups is 1. The number of aryl methyl sites for hydroxylation is 2. The largest absolute Gasteiger partial charge is 0.355 e. The summed E-state index contributed by atoms with van der Waals surface area (Å²) >= 11 is 0. The summed E-state index contributed by atoms with van der Waals surface area (Å²) in [5, 5.41) is 6.39. The van der Waals surface area contributed by atoms with Gasteiger partial charge in [0.2, 0.25) is 5.91 Å². The fourth-order valence-corrected chi connectivity index (χ4v) is 2.38. The van der Waals surface area contributed by atoms with E-state index in [2.05, 4.69) is 42.7 Å². The van der Waals surface area contributed by atoms with E-state index in [0.29, 0.717) is 0 Å². The molecule has 108 valence electrons. The van der Waals surface area contributed by atoms with E-state index in [4.69, 9.17) is 0 Å². The van der Waals surface area contributed by atoms with Crippen molar-refractivity contribution in [2.45, 2.75) is 26.7 Å². The third-order valence-electron chi connectivity index (χ3n) is 3.85. The van der Waals surface area contributed by atoms with Gasteiger partial charge in [0.15, 0.2) is 0 Å². The fraction of sp³-hybridized carbons (Fsp3) is 0.278. The molecule has 0 unspecified atom stereocenters. The molecule has 1 fully saturated rings. The van der Waals surface area contributed by atoms with Gasteiger partial charge in [-0.3, -0.25) is 4.79 Å². The highest BCUT2D eigenvalue weighted by molar-refractivity contribution is 5.94. The Balaban J connectivity index is 1.70. The van der Waals surface area contributed by atoms with E-state index in [9.17, 15) is 4.79 Å². The Morgan fingerprint density at radius 2 is 1.52 bits per heavy atom. The lowest BCUT2D eigenvalue weighted by Crippen LogP contribution is -2.13. The van der Waals surface area contributed by atoms with Crippen molar-refractivity contribution in [2.75, 3.05) is 10.6 Å². The molecule has 3 heteroatoms. The van der Waals surface area contributed by atoms with Gasteiger partial charge in [-0.2, -0.15) is 0 Å². The minimum absolute atomic E-state index is 0.144. The minimum atomic E-state index is 0.144. The van der Waals surface area contributed by atoms with E-state index in [-0.39, 0.29) is 11.8 Å². The SMILES string of the molecule is Cc1cccc(C)c1Nc1ccc(NC(=O)C2CC2)cc1. The van der Waals surface area contributed by atoms with Crippen molar-refractivity contribution >= 4 is 23.0 Å². The van der Waals surface area contributed by atoms with Gasteiger partial charge in [-0.1, -0.05) is 18.2 Å². The standard InChI is InChI=1S/C18H20N2O/c1-12-4-3-5-13(2)17(12)19-15-8-10-16(11-9-15)20-18(21)14-6-7-14/h3-5,8-11,14,19H,6-7H2,1-2H3,(H,20,21). The number of hydrogen-bond acceptors (Lipinski definition) is 2. The summed E-state index contributed by atoms with van der Waals surface area (Å²) in [6.45, 7) is 4.19. The lowest BCUT2D eigenvalue weighted by molar-refractivity contribution is -0.117. The predicted octanol–water partition coefficient (Wildman–Crippen LogP) is 4.40. The molecule has 0 atom stereocenters. The van der Waals surface area contributed by atoms with E-state index in [0.717, 1.165) is 29.9 Å². The second-order valence-electron chi connectivity index (χ2n) is 5.73. The monoisotopic (exact) mass is 280 g/mol. The Labute approximate surface area is 125 Å². The Bertz CT molecular complexity index is 637. The van der Waals surface area contributed by atoms with Gasteiger partial charge in [0.05, 0.1) is 0 Å². The van der Waals surface area contributed by atoms with Crippen LogP contribution >= 0.6 is 0 Å². The Hall–Kier alpha value is -2.29. The highest BCUT2D eigenvalue weighted by atomic mass is 16.2. The highest BCUT2D eigenvalue weighted by Crippen LogP contribution is 2.30. The van der Waals surface area contributed by atoms with Crippen LogP contribution in [-0.4, -0.2) is 5.91 Å². The van der Waals surface area contributed by atoms with Crippen LogP contribution < -0.4 is 10.6 Å². The fourth-order valence-electron chi connectivity index (χ4n) is 2.38. The number of nitrogens with one attached hydrogen (secondary N) is 2. The van der Waals surface area contributed by atoms with Gasteiger partial charge in [0.25, 0.3) is 0 Å². The molecule has 0 saturated heterocycles. The molecule has 2 aromatic rings. The summed E-state index contributed by atoms with van der Waals surface area (Å²) in [4.78, 5) is 11.7. The first-order chi connectivity index (χ1) is 10.1. The minimum Gasteiger partial charge on any atom is -0.355 e. The predicted molar refractivity (Wildman–Crippen MR) is 87.0 cm³/mol. The average Bonchev–Trinajstić information content (AvgIpc) is 3.29. The van der Waals surface area contributed by atoms with Crippen molar-refractivity contribution in [3.8, 4) is 0 Å². The highest BCUT2D eigenvalue weighted by Gasteiger charge is 2.29. The third-order valence-corrected chi connectivity index (χ3v) is 3.85. The maximum Gasteiger partial charge on any atom is 0.227 e. The zero-order valence-electron chi connectivity index (χ0n) is 12.4. The van der Waals surface area contributed by atoms with Gasteiger partial charge in [-0.25, -0.2) is 0 Å². The first-order valence-electron chi connectivity index (χ1n) is 7.37. The van der Waals surface area contributed by atoms with Crippen molar-refractivity contribution in [2.24, 2.45) is 5.92 Å². The second kappa shape index (κ2) is 5.60. The van der Waals surface area contributed by atoms with Crippen LogP contribution in [0.2, 0.25) is 0 Å². The van der Waals surface area contributed by atoms with Crippen LogP contribution in [0.3, 0.4) is 0 Å². The first-order valence-corrected chi connectivity index (χ1v) is 7.37. The smallest absolute Gasteiger partial charge is 0.227 e. The lowest BCUT2D eigenvalue weighted by Gasteiger charge is -2.13. The second-order valence-corrected chi connectivity index (χ2v) is 5.73. The number of amides is 1. The van der Waals surface area contributed by atoms with Gasteiger partial charge in [-0.05, 0) is 62.1 Å². The topological polar surface area (TPSA) is 41.1 Å². The quantitative estimate of drug-likeness (QED) is 0.871. The van der Waals surface area contributed by atoms with Crippen LogP contribution in [0, 0.1) is 19.8 Å². The molecule has 0 spiro atoms. The molecule has 0 radical (unpaired) electrons. The number of anilines is 3. The van der Waals surface area contributed by atoms with E-state index in [1.54, 1.807) is 0 Å². The van der Waals surface area contributed by atoms with E-state index < -0.39 is 0 Å². The van der Waals surface area contributed by atoms with Crippen LogP contribution in [0.25, 0.3) is 0 Å². The Kier molecular flexibility index (Phi) is 3.65. The average molecular weight is 280 g/mol. The molecule has 3 rings (SSSR count). The van der Waals surface area contributed by atoms with E-state index in [1.165, 1.54) is 11.1 Å². The molecule has 1 aliphatic carbocycles. The number of hydrogen-bond donors (Lipinski definition) is 2. The maximum absolute atomic E-state index is 11.7. The molecule has 21 heavy (non-hydrogen) atoms. The third kappa shape index (κ3) is 3.24. The first kappa shape index (κ1) is 13.7. The molecule has 1 saturated carbocycles. The van der Waals surface area contributed by atoms with Crippen molar-refractivity contribution in [1.82, 2.24) is 0 Å². The van der Waals surface area contributed by atoms with Crippen LogP contribution in [0.5, 0.6) is 0 Å². The molecular formula is C18H20N2O. The summed E-state index contributed by atoms with van der Waals surface area (Å²) in [6.07, 6.45) is 2.05. The van der Waals surface area contributed by atoms with Gasteiger partial charge in [0.1, 0.15) is 0 Å². The molecule has 0 aliphatic heterocycles. The number of rotatable bonds is 4. The summed E-state index contributed by atoms with van der Waals surface area (Å²) in [5.41, 5.74) is 5.48. The Morgan fingerprint density at radius 1 is 0.952 bits per heavy atom. The van der Waals surface area contributed by atoms with Crippen LogP contribution in [0.1, 0.15) is 24.0 Å². The molecule has 0 bridgehead atoms. The molecule has 2 N–H and O–H groups in total. The van der Waals surface area contributed by atoms with Crippen LogP contribution in [0.15, 0.2) is 42.5 Å². The summed E-state index contributed by atoms with van der Waals surface area (Å²) in [5.74, 6) is 0.378. The van der Waals surface area contributed by atoms with Gasteiger partial charge in [0, 0.05) is 23.0 Å². The zero-order valence-corrected chi connectivity index (χ0v) is 12.4. The molecule has 2 aromatic carbocycles. The van der Waals surface area contributed by atoms with Gasteiger partial charge >= 0.3 is 0 Å². The Morgan fingerprint density at radius 3 is 2.10 bits per heavy atom. The van der Waals surface area contributed by atoms with E-state index in [1.807, 2.05) is 24.3 Å². The summed E-state index contributed by atoms with van der Waals surface area (Å²) in [6, 6.07) is 14.1. The zero-order chi connectivity index (χ0) is 14.8. The molecule has 3 nitrogen and oxygen atoms in total. The van der Waals surface area contributed by atoms with Gasteiger partial charge < -0.3 is 10.6 Å². The molecule has 0 heterocycles. The van der Waals surface area contributed by atoms with Crippen molar-refractivity contribution in [1.29, 1.82) is 0 Å². The summed E-state index contributed by atoms with van der Waals surface area (Å²) in [7, 11) is 0. The number of para-hydroxylation sites is 1. The maximum atomic E-state index is 11.7. The molecular weight excluding hydrogens is 260 g/mol. The lowest BCUT2D eigenvalue weighted by atomic mass is 10.1. The van der Waals surface area contributed by atoms with Crippen molar-refractivity contribution in [3.63, 3.8) is 0 Å². The number of carbonyl (C=O) groups excluding carboxylic acids is 1. The van der Waals surface area contributed by atoms with Gasteiger partial charge in [-0.15, -0.1) is 0 Å². The molecule has 0 aromatic heterocycles. The normalized spacial score (nSPS) is 13.8. The molecule has 1 aliphatic rings. The van der Waals surface area contributed by atoms with Crippen molar-refractivity contribution in [3.05, 3.63) is 53.6 Å². The summed E-state index contributed by atoms with van der Waals surface area (Å²) < 4.78 is 0. The number of benzene rings is 2. The van der Waals surface area contributed by atoms with Crippen molar-refractivity contribution < 1.29 is 4.79 Å². The van der Waals surface area contributed by atoms with Crippen LogP contribution in [0.4, 0.5) is 17.1 Å².